The number of rotatable bonds is 8. The molecule has 2 aromatic carbocycles. The number of aliphatic imine (C=N–C) groups is 1. The van der Waals surface area contributed by atoms with Crippen molar-refractivity contribution in [2.45, 2.75) is 45.1 Å². The summed E-state index contributed by atoms with van der Waals surface area (Å²) in [4.78, 5) is 41.5. The number of amides is 1. The first kappa shape index (κ1) is 25.9. The molecule has 3 unspecified atom stereocenters. The van der Waals surface area contributed by atoms with Gasteiger partial charge in [0.05, 0.1) is 13.7 Å². The maximum Gasteiger partial charge on any atom is 0.373 e. The predicted molar refractivity (Wildman–Crippen MR) is 136 cm³/mol. The van der Waals surface area contributed by atoms with Crippen molar-refractivity contribution in [2.24, 2.45) is 10.9 Å². The molecule has 194 valence electrons. The number of carbonyl (C=O) groups is 3. The van der Waals surface area contributed by atoms with Gasteiger partial charge in [0.1, 0.15) is 24.4 Å². The average Bonchev–Trinajstić information content (AvgIpc) is 3.29. The summed E-state index contributed by atoms with van der Waals surface area (Å²) in [6.45, 7) is 4.88. The summed E-state index contributed by atoms with van der Waals surface area (Å²) < 4.78 is 22.1. The summed E-state index contributed by atoms with van der Waals surface area (Å²) in [5.41, 5.74) is 2.53. The Kier molecular flexibility index (Phi) is 7.91. The van der Waals surface area contributed by atoms with Gasteiger partial charge < -0.3 is 24.3 Å². The molecule has 5 atom stereocenters. The Balaban J connectivity index is 1.47. The number of nitrogens with one attached hydrogen (secondary N) is 1. The molecule has 4 rings (SSSR count). The molecule has 2 aliphatic rings. The second-order valence-corrected chi connectivity index (χ2v) is 8.99. The number of ether oxygens (including phenoxy) is 4. The number of carbonyl (C=O) groups excluding carboxylic acids is 3. The Bertz CT molecular complexity index is 1210. The van der Waals surface area contributed by atoms with Crippen molar-refractivity contribution in [3.05, 3.63) is 72.0 Å². The molecule has 9 nitrogen and oxygen atoms in total. The molecule has 0 saturated carbocycles. The first-order chi connectivity index (χ1) is 17.8. The molecular formula is C28H30N2O7. The first-order valence-electron chi connectivity index (χ1n) is 12.1. The van der Waals surface area contributed by atoms with E-state index in [-0.39, 0.29) is 18.2 Å². The Morgan fingerprint density at radius 2 is 1.70 bits per heavy atom. The van der Waals surface area contributed by atoms with E-state index in [4.69, 9.17) is 18.9 Å². The van der Waals surface area contributed by atoms with Gasteiger partial charge in [-0.3, -0.25) is 9.59 Å². The zero-order chi connectivity index (χ0) is 26.5. The van der Waals surface area contributed by atoms with Crippen molar-refractivity contribution < 1.29 is 33.3 Å². The van der Waals surface area contributed by atoms with Crippen LogP contribution in [0.2, 0.25) is 0 Å². The number of fused-ring (bicyclic) bond motifs is 1. The van der Waals surface area contributed by atoms with Gasteiger partial charge in [0, 0.05) is 31.4 Å². The summed E-state index contributed by atoms with van der Waals surface area (Å²) in [6, 6.07) is 16.7. The highest BCUT2D eigenvalue weighted by molar-refractivity contribution is 5.94. The molecule has 9 heteroatoms. The summed E-state index contributed by atoms with van der Waals surface area (Å²) in [5, 5.41) is 2.85. The lowest BCUT2D eigenvalue weighted by atomic mass is 9.88. The lowest BCUT2D eigenvalue weighted by molar-refractivity contribution is -0.155. The first-order valence-corrected chi connectivity index (χ1v) is 12.1. The van der Waals surface area contributed by atoms with Crippen molar-refractivity contribution in [1.29, 1.82) is 0 Å². The second-order valence-electron chi connectivity index (χ2n) is 8.99. The highest BCUT2D eigenvalue weighted by Gasteiger charge is 2.46. The predicted octanol–water partition coefficient (Wildman–Crippen LogP) is 3.29. The Hall–Kier alpha value is -4.14. The summed E-state index contributed by atoms with van der Waals surface area (Å²) in [6.07, 6.45) is -0.371. The number of benzene rings is 2. The van der Waals surface area contributed by atoms with E-state index < -0.39 is 42.2 Å². The average molecular weight is 507 g/mol. The quantitative estimate of drug-likeness (QED) is 0.547. The van der Waals surface area contributed by atoms with Crippen LogP contribution in [0.5, 0.6) is 0 Å². The number of hydrogen-bond donors (Lipinski definition) is 1. The van der Waals surface area contributed by atoms with E-state index in [0.717, 1.165) is 11.1 Å². The highest BCUT2D eigenvalue weighted by atomic mass is 16.6. The number of esters is 2. The minimum Gasteiger partial charge on any atom is -0.480 e. The van der Waals surface area contributed by atoms with Gasteiger partial charge in [-0.25, -0.2) is 9.79 Å². The molecule has 37 heavy (non-hydrogen) atoms. The van der Waals surface area contributed by atoms with E-state index in [2.05, 4.69) is 10.3 Å². The SMILES string of the molecule is COC(=O)C1=CC2OC(C)=NC2C([C@H](C)[C@@H](CNC(=O)c2ccc(-c3ccccc3)cc2)OC(C)=O)O1. The summed E-state index contributed by atoms with van der Waals surface area (Å²) >= 11 is 0. The monoisotopic (exact) mass is 506 g/mol. The third kappa shape index (κ3) is 5.99. The molecule has 0 spiro atoms. The van der Waals surface area contributed by atoms with Crippen LogP contribution in [-0.4, -0.2) is 61.8 Å². The van der Waals surface area contributed by atoms with Crippen LogP contribution in [0, 0.1) is 5.92 Å². The molecule has 0 saturated heterocycles. The van der Waals surface area contributed by atoms with Gasteiger partial charge in [0.2, 0.25) is 5.76 Å². The van der Waals surface area contributed by atoms with Gasteiger partial charge in [-0.1, -0.05) is 49.4 Å². The minimum atomic E-state index is -0.746. The fraction of sp³-hybridized carbons (Fsp3) is 0.357. The van der Waals surface area contributed by atoms with E-state index >= 15 is 0 Å². The highest BCUT2D eigenvalue weighted by Crippen LogP contribution is 2.33. The lowest BCUT2D eigenvalue weighted by Crippen LogP contribution is -2.50. The molecule has 0 aliphatic carbocycles. The Morgan fingerprint density at radius 1 is 1.03 bits per heavy atom. The van der Waals surface area contributed by atoms with Gasteiger partial charge in [-0.15, -0.1) is 0 Å². The minimum absolute atomic E-state index is 0.00890. The van der Waals surface area contributed by atoms with Crippen LogP contribution in [0.4, 0.5) is 0 Å². The van der Waals surface area contributed by atoms with Crippen LogP contribution in [0.3, 0.4) is 0 Å². The molecule has 1 N–H and O–H groups in total. The molecule has 0 bridgehead atoms. The number of hydrogen-bond acceptors (Lipinski definition) is 8. The fourth-order valence-corrected chi connectivity index (χ4v) is 4.51. The molecule has 1 amide bonds. The van der Waals surface area contributed by atoms with Crippen LogP contribution < -0.4 is 5.32 Å². The summed E-state index contributed by atoms with van der Waals surface area (Å²) in [5.74, 6) is -1.43. The zero-order valence-electron chi connectivity index (χ0n) is 21.2. The maximum absolute atomic E-state index is 12.9. The van der Waals surface area contributed by atoms with Crippen molar-refractivity contribution in [3.63, 3.8) is 0 Å². The van der Waals surface area contributed by atoms with Crippen LogP contribution in [0.1, 0.15) is 31.1 Å². The van der Waals surface area contributed by atoms with Crippen molar-refractivity contribution in [3.8, 4) is 11.1 Å². The van der Waals surface area contributed by atoms with Gasteiger partial charge in [0.25, 0.3) is 5.91 Å². The van der Waals surface area contributed by atoms with Crippen molar-refractivity contribution in [1.82, 2.24) is 5.32 Å². The smallest absolute Gasteiger partial charge is 0.373 e. The topological polar surface area (TPSA) is 113 Å². The second kappa shape index (κ2) is 11.3. The normalized spacial score (nSPS) is 21.7. The van der Waals surface area contributed by atoms with E-state index in [1.54, 1.807) is 25.1 Å². The molecule has 2 heterocycles. The van der Waals surface area contributed by atoms with Crippen molar-refractivity contribution in [2.75, 3.05) is 13.7 Å². The number of nitrogens with zero attached hydrogens (tertiary/aromatic N) is 1. The molecule has 0 fully saturated rings. The van der Waals surface area contributed by atoms with Gasteiger partial charge in [0.15, 0.2) is 5.90 Å². The molecule has 2 aliphatic heterocycles. The maximum atomic E-state index is 12.9. The third-order valence-corrected chi connectivity index (χ3v) is 6.42. The van der Waals surface area contributed by atoms with Crippen LogP contribution in [0.15, 0.2) is 71.4 Å². The Labute approximate surface area is 215 Å². The van der Waals surface area contributed by atoms with E-state index in [1.807, 2.05) is 49.4 Å². The van der Waals surface area contributed by atoms with E-state index in [0.29, 0.717) is 11.5 Å². The van der Waals surface area contributed by atoms with Crippen LogP contribution in [0.25, 0.3) is 11.1 Å². The molecule has 0 aromatic heterocycles. The molecule has 2 aromatic rings. The zero-order valence-corrected chi connectivity index (χ0v) is 21.2. The summed E-state index contributed by atoms with van der Waals surface area (Å²) in [7, 11) is 1.26. The fourth-order valence-electron chi connectivity index (χ4n) is 4.51. The van der Waals surface area contributed by atoms with Crippen molar-refractivity contribution >= 4 is 23.7 Å². The van der Waals surface area contributed by atoms with Gasteiger partial charge >= 0.3 is 11.9 Å². The molecule has 0 radical (unpaired) electrons. The van der Waals surface area contributed by atoms with E-state index in [1.165, 1.54) is 14.0 Å². The Morgan fingerprint density at radius 3 is 2.35 bits per heavy atom. The standard InChI is InChI=1S/C28H30N2O7/c1-16(26-25-22(35-17(2)30-25)14-23(37-26)28(33)34-4)24(36-18(3)31)15-29-27(32)21-12-10-20(11-13-21)19-8-6-5-7-9-19/h5-14,16,22,24-26H,15H2,1-4H3,(H,29,32)/t16-,22?,24-,25?,26?/m1/s1. The number of methoxy groups -OCH3 is 1. The van der Waals surface area contributed by atoms with Crippen LogP contribution >= 0.6 is 0 Å². The van der Waals surface area contributed by atoms with Gasteiger partial charge in [-0.05, 0) is 23.3 Å². The largest absolute Gasteiger partial charge is 0.480 e. The van der Waals surface area contributed by atoms with E-state index in [9.17, 15) is 14.4 Å². The third-order valence-electron chi connectivity index (χ3n) is 6.42. The van der Waals surface area contributed by atoms with Crippen LogP contribution in [-0.2, 0) is 28.5 Å². The lowest BCUT2D eigenvalue weighted by Gasteiger charge is -2.37. The molecular weight excluding hydrogens is 476 g/mol. The van der Waals surface area contributed by atoms with Gasteiger partial charge in [-0.2, -0.15) is 0 Å².